The minimum absolute atomic E-state index is 0.209. The second kappa shape index (κ2) is 15.7. The summed E-state index contributed by atoms with van der Waals surface area (Å²) >= 11 is 0. The van der Waals surface area contributed by atoms with Crippen LogP contribution < -0.4 is 10.6 Å². The number of benzene rings is 1. The topological polar surface area (TPSA) is 119 Å². The average molecular weight is 567 g/mol. The summed E-state index contributed by atoms with van der Waals surface area (Å²) in [6, 6.07) is 12.3. The summed E-state index contributed by atoms with van der Waals surface area (Å²) in [5.74, 6) is 0.530. The van der Waals surface area contributed by atoms with E-state index in [2.05, 4.69) is 50.9 Å². The quantitative estimate of drug-likeness (QED) is 0.345. The van der Waals surface area contributed by atoms with Crippen LogP contribution in [0.25, 0.3) is 0 Å². The van der Waals surface area contributed by atoms with Crippen LogP contribution in [0.5, 0.6) is 0 Å². The van der Waals surface area contributed by atoms with Crippen molar-refractivity contribution in [3.8, 4) is 6.07 Å². The lowest BCUT2D eigenvalue weighted by Gasteiger charge is -2.39. The molecule has 2 heterocycles. The van der Waals surface area contributed by atoms with Gasteiger partial charge in [-0.15, -0.1) is 4.99 Å². The summed E-state index contributed by atoms with van der Waals surface area (Å²) in [7, 11) is 0. The van der Waals surface area contributed by atoms with Gasteiger partial charge in [0.1, 0.15) is 11.6 Å². The Morgan fingerprint density at radius 1 is 1.12 bits per heavy atom. The van der Waals surface area contributed by atoms with Crippen molar-refractivity contribution in [2.24, 2.45) is 10.9 Å². The molecule has 2 amide bonds. The molecule has 3 aliphatic rings. The van der Waals surface area contributed by atoms with Crippen LogP contribution in [0.4, 0.5) is 4.79 Å². The first-order valence-corrected chi connectivity index (χ1v) is 15.3. The van der Waals surface area contributed by atoms with Crippen molar-refractivity contribution in [2.45, 2.75) is 76.3 Å². The molecule has 1 unspecified atom stereocenters. The van der Waals surface area contributed by atoms with Crippen molar-refractivity contribution in [3.05, 3.63) is 35.9 Å². The summed E-state index contributed by atoms with van der Waals surface area (Å²) in [4.78, 5) is 34.8. The molecule has 1 aromatic rings. The molecule has 2 aliphatic heterocycles. The number of carbonyl (C=O) groups excluding carboxylic acids is 2. The van der Waals surface area contributed by atoms with Gasteiger partial charge in [0.15, 0.2) is 0 Å². The Morgan fingerprint density at radius 2 is 1.83 bits per heavy atom. The molecule has 41 heavy (non-hydrogen) atoms. The number of nitriles is 1. The van der Waals surface area contributed by atoms with E-state index in [1.54, 1.807) is 6.92 Å². The molecule has 224 valence electrons. The van der Waals surface area contributed by atoms with Crippen molar-refractivity contribution < 1.29 is 19.1 Å². The molecule has 1 aliphatic carbocycles. The van der Waals surface area contributed by atoms with Crippen molar-refractivity contribution in [3.63, 3.8) is 0 Å². The number of guanidine groups is 1. The van der Waals surface area contributed by atoms with Crippen molar-refractivity contribution in [2.75, 3.05) is 52.5 Å². The first kappa shape index (κ1) is 30.8. The monoisotopic (exact) mass is 566 g/mol. The number of piperidine rings is 1. The van der Waals surface area contributed by atoms with E-state index in [-0.39, 0.29) is 12.5 Å². The van der Waals surface area contributed by atoms with Gasteiger partial charge in [0.25, 0.3) is 0 Å². The molecule has 0 bridgehead atoms. The van der Waals surface area contributed by atoms with Crippen molar-refractivity contribution in [1.29, 1.82) is 5.26 Å². The normalized spacial score (nSPS) is 21.0. The van der Waals surface area contributed by atoms with Gasteiger partial charge in [-0.25, -0.2) is 4.79 Å². The molecule has 1 saturated carbocycles. The zero-order valence-electron chi connectivity index (χ0n) is 24.5. The van der Waals surface area contributed by atoms with Gasteiger partial charge < -0.3 is 29.9 Å². The molecule has 0 aromatic heterocycles. The highest BCUT2D eigenvalue weighted by atomic mass is 16.5. The highest BCUT2D eigenvalue weighted by Gasteiger charge is 2.38. The molecule has 3 fully saturated rings. The van der Waals surface area contributed by atoms with Crippen LogP contribution in [0.1, 0.15) is 63.9 Å². The Balaban J connectivity index is 1.44. The van der Waals surface area contributed by atoms with E-state index in [4.69, 9.17) is 9.47 Å². The molecule has 10 heteroatoms. The fraction of sp³-hybridized carbons (Fsp3) is 0.677. The smallest absolute Gasteiger partial charge is 0.436 e. The third-order valence-corrected chi connectivity index (χ3v) is 8.53. The van der Waals surface area contributed by atoms with Gasteiger partial charge in [0.05, 0.1) is 25.9 Å². The third kappa shape index (κ3) is 9.44. The van der Waals surface area contributed by atoms with E-state index >= 15 is 0 Å². The Kier molecular flexibility index (Phi) is 11.8. The fourth-order valence-corrected chi connectivity index (χ4v) is 6.03. The maximum atomic E-state index is 13.9. The van der Waals surface area contributed by atoms with Crippen LogP contribution in [-0.4, -0.2) is 91.9 Å². The molecular weight excluding hydrogens is 520 g/mol. The molecule has 2 N–H and O–H groups in total. The number of amides is 2. The molecule has 1 aromatic carbocycles. The maximum absolute atomic E-state index is 13.9. The zero-order chi connectivity index (χ0) is 28.9. The lowest BCUT2D eigenvalue weighted by atomic mass is 9.84. The molecule has 0 spiro atoms. The number of morpholine rings is 1. The molecule has 4 rings (SSSR count). The number of nitrogens with one attached hydrogen (secondary N) is 2. The van der Waals surface area contributed by atoms with Gasteiger partial charge in [-0.1, -0.05) is 62.4 Å². The van der Waals surface area contributed by atoms with E-state index in [1.165, 1.54) is 12.0 Å². The van der Waals surface area contributed by atoms with Crippen LogP contribution in [-0.2, 0) is 20.7 Å². The summed E-state index contributed by atoms with van der Waals surface area (Å²) < 4.78 is 10.6. The van der Waals surface area contributed by atoms with Crippen LogP contribution in [0, 0.1) is 17.2 Å². The molecule has 10 nitrogen and oxygen atoms in total. The molecular formula is C31H46N6O4. The summed E-state index contributed by atoms with van der Waals surface area (Å²) in [5, 5.41) is 16.7. The summed E-state index contributed by atoms with van der Waals surface area (Å²) in [6.07, 6.45) is 7.76. The summed E-state index contributed by atoms with van der Waals surface area (Å²) in [6.45, 7) is 6.55. The Bertz CT molecular complexity index is 1040. The largest absolute Gasteiger partial charge is 0.448 e. The molecule has 0 radical (unpaired) electrons. The van der Waals surface area contributed by atoms with Gasteiger partial charge in [0, 0.05) is 32.7 Å². The number of nitrogens with zero attached hydrogens (tertiary/aromatic N) is 4. The van der Waals surface area contributed by atoms with Crippen LogP contribution >= 0.6 is 0 Å². The van der Waals surface area contributed by atoms with E-state index in [0.717, 1.165) is 51.7 Å². The predicted octanol–water partition coefficient (Wildman–Crippen LogP) is 3.48. The second-order valence-corrected chi connectivity index (χ2v) is 11.4. The first-order valence-electron chi connectivity index (χ1n) is 15.3. The standard InChI is InChI=1S/C31H46N6O4/c1-2-41-30(39)34-29(37-19-21-40-22-20-37)33-27(23-26-11-7-4-8-12-26)28(38)35-31(24-32)14-17-36(18-15-31)16-13-25-9-5-3-6-10-25/h3,5-6,9-10,26-27H,2,4,7-8,11-23H2,1H3,(H,35,38)(H,33,34,39). The van der Waals surface area contributed by atoms with Crippen molar-refractivity contribution >= 4 is 18.0 Å². The van der Waals surface area contributed by atoms with Gasteiger partial charge in [-0.2, -0.15) is 5.26 Å². The van der Waals surface area contributed by atoms with Gasteiger partial charge >= 0.3 is 6.09 Å². The lowest BCUT2D eigenvalue weighted by molar-refractivity contribution is -0.125. The minimum Gasteiger partial charge on any atom is -0.448 e. The average Bonchev–Trinajstić information content (AvgIpc) is 3.01. The highest BCUT2D eigenvalue weighted by Crippen LogP contribution is 2.28. The predicted molar refractivity (Wildman–Crippen MR) is 157 cm³/mol. The van der Waals surface area contributed by atoms with Gasteiger partial charge in [0.2, 0.25) is 11.9 Å². The number of aliphatic imine (C=N–C) groups is 1. The highest BCUT2D eigenvalue weighted by molar-refractivity contribution is 5.94. The Hall–Kier alpha value is -3.16. The number of hydrogen-bond donors (Lipinski definition) is 2. The van der Waals surface area contributed by atoms with E-state index < -0.39 is 17.7 Å². The van der Waals surface area contributed by atoms with Crippen LogP contribution in [0.15, 0.2) is 35.3 Å². The Labute approximate surface area is 244 Å². The fourth-order valence-electron chi connectivity index (χ4n) is 6.03. The maximum Gasteiger partial charge on any atom is 0.436 e. The minimum atomic E-state index is -0.912. The van der Waals surface area contributed by atoms with E-state index in [9.17, 15) is 14.9 Å². The van der Waals surface area contributed by atoms with Crippen LogP contribution in [0.3, 0.4) is 0 Å². The SMILES string of the molecule is CCOC(=O)/N=C(\NC(CC1CCCCC1)C(=O)NC1(C#N)CCN(CCc2ccccc2)CC1)N1CCOCC1. The lowest BCUT2D eigenvalue weighted by Crippen LogP contribution is -2.60. The number of ether oxygens (including phenoxy) is 2. The van der Waals surface area contributed by atoms with E-state index in [0.29, 0.717) is 57.4 Å². The Morgan fingerprint density at radius 3 is 2.49 bits per heavy atom. The molecule has 2 saturated heterocycles. The summed E-state index contributed by atoms with van der Waals surface area (Å²) in [5.41, 5.74) is 0.389. The van der Waals surface area contributed by atoms with E-state index in [1.807, 2.05) is 11.0 Å². The zero-order valence-corrected chi connectivity index (χ0v) is 24.5. The number of carbonyl (C=O) groups is 2. The van der Waals surface area contributed by atoms with Gasteiger partial charge in [-0.05, 0) is 44.1 Å². The number of likely N-dealkylation sites (tertiary alicyclic amines) is 1. The van der Waals surface area contributed by atoms with Gasteiger partial charge in [-0.3, -0.25) is 4.79 Å². The second-order valence-electron chi connectivity index (χ2n) is 11.4. The van der Waals surface area contributed by atoms with Crippen LogP contribution in [0.2, 0.25) is 0 Å². The third-order valence-electron chi connectivity index (χ3n) is 8.53. The number of hydrogen-bond acceptors (Lipinski definition) is 6. The van der Waals surface area contributed by atoms with Crippen molar-refractivity contribution in [1.82, 2.24) is 20.4 Å². The molecule has 1 atom stereocenters. The first-order chi connectivity index (χ1) is 20.0. The number of rotatable bonds is 9.